The van der Waals surface area contributed by atoms with Crippen molar-refractivity contribution >= 4 is 15.8 Å². The molecule has 0 radical (unpaired) electrons. The van der Waals surface area contributed by atoms with Crippen molar-refractivity contribution < 1.29 is 8.42 Å². The lowest BCUT2D eigenvalue weighted by molar-refractivity contribution is 0.580. The average Bonchev–Trinajstić information content (AvgIpc) is 2.70. The second kappa shape index (κ2) is 3.59. The van der Waals surface area contributed by atoms with Crippen LogP contribution in [0.3, 0.4) is 0 Å². The van der Waals surface area contributed by atoms with E-state index in [0.29, 0.717) is 11.4 Å². The summed E-state index contributed by atoms with van der Waals surface area (Å²) in [5.74, 6) is 0.0887. The maximum atomic E-state index is 12.3. The molecule has 0 bridgehead atoms. The van der Waals surface area contributed by atoms with Gasteiger partial charge in [0.05, 0.1) is 11.4 Å². The van der Waals surface area contributed by atoms with E-state index in [4.69, 9.17) is 5.73 Å². The van der Waals surface area contributed by atoms with Crippen molar-refractivity contribution in [3.63, 3.8) is 0 Å². The van der Waals surface area contributed by atoms with Crippen LogP contribution in [0.2, 0.25) is 0 Å². The summed E-state index contributed by atoms with van der Waals surface area (Å²) >= 11 is 0. The molecule has 2 aromatic rings. The van der Waals surface area contributed by atoms with Crippen LogP contribution >= 0.6 is 0 Å². The van der Waals surface area contributed by atoms with E-state index in [-0.39, 0.29) is 10.7 Å². The molecule has 2 aromatic heterocycles. The second-order valence-corrected chi connectivity index (χ2v) is 5.55. The third kappa shape index (κ3) is 1.80. The molecule has 0 fully saturated rings. The summed E-state index contributed by atoms with van der Waals surface area (Å²) in [5.41, 5.74) is 6.58. The Morgan fingerprint density at radius 2 is 1.94 bits per heavy atom. The van der Waals surface area contributed by atoms with E-state index in [2.05, 4.69) is 10.2 Å². The number of aryl methyl sites for hydroxylation is 3. The molecule has 0 aliphatic rings. The van der Waals surface area contributed by atoms with Crippen molar-refractivity contribution in [1.82, 2.24) is 19.0 Å². The number of nitrogens with zero attached hydrogens (tertiary/aromatic N) is 4. The highest BCUT2D eigenvalue weighted by atomic mass is 32.2. The Morgan fingerprint density at radius 1 is 1.29 bits per heavy atom. The summed E-state index contributed by atoms with van der Waals surface area (Å²) in [4.78, 5) is 0.106. The molecule has 7 nitrogen and oxygen atoms in total. The SMILES string of the molecule is Cc1cc(N)n(S(=O)(=O)c2cn(C)nc2C)n1. The topological polar surface area (TPSA) is 95.8 Å². The summed E-state index contributed by atoms with van der Waals surface area (Å²) < 4.78 is 26.8. The Labute approximate surface area is 98.9 Å². The zero-order valence-electron chi connectivity index (χ0n) is 9.75. The van der Waals surface area contributed by atoms with E-state index in [9.17, 15) is 8.42 Å². The number of aromatic nitrogens is 4. The maximum absolute atomic E-state index is 12.3. The first kappa shape index (κ1) is 11.6. The predicted molar refractivity (Wildman–Crippen MR) is 61.9 cm³/mol. The molecule has 8 heteroatoms. The normalized spacial score (nSPS) is 11.9. The summed E-state index contributed by atoms with van der Waals surface area (Å²) in [7, 11) is -2.10. The van der Waals surface area contributed by atoms with Crippen LogP contribution in [0.1, 0.15) is 11.4 Å². The Morgan fingerprint density at radius 3 is 2.35 bits per heavy atom. The molecule has 2 rings (SSSR count). The molecule has 0 unspecified atom stereocenters. The third-order valence-corrected chi connectivity index (χ3v) is 4.00. The van der Waals surface area contributed by atoms with E-state index in [1.165, 1.54) is 16.9 Å². The first-order valence-corrected chi connectivity index (χ1v) is 6.34. The summed E-state index contributed by atoms with van der Waals surface area (Å²) in [6.07, 6.45) is 1.43. The number of nitrogen functional groups attached to an aromatic ring is 1. The minimum absolute atomic E-state index is 0.0887. The molecular formula is C9H13N5O2S. The number of hydrogen-bond acceptors (Lipinski definition) is 5. The van der Waals surface area contributed by atoms with Gasteiger partial charge in [-0.3, -0.25) is 4.68 Å². The third-order valence-electron chi connectivity index (χ3n) is 2.30. The molecule has 92 valence electrons. The van der Waals surface area contributed by atoms with E-state index < -0.39 is 10.0 Å². The van der Waals surface area contributed by atoms with Crippen LogP contribution in [0.4, 0.5) is 5.82 Å². The van der Waals surface area contributed by atoms with Crippen LogP contribution in [0.15, 0.2) is 17.2 Å². The minimum atomic E-state index is -3.76. The molecule has 17 heavy (non-hydrogen) atoms. The standard InChI is InChI=1S/C9H13N5O2S/c1-6-4-9(10)14(11-6)17(15,16)8-5-13(3)12-7(8)2/h4-5H,10H2,1-3H3. The van der Waals surface area contributed by atoms with Crippen molar-refractivity contribution in [3.8, 4) is 0 Å². The largest absolute Gasteiger partial charge is 0.383 e. The van der Waals surface area contributed by atoms with Crippen molar-refractivity contribution in [2.45, 2.75) is 18.7 Å². The van der Waals surface area contributed by atoms with Crippen molar-refractivity contribution in [1.29, 1.82) is 0 Å². The zero-order chi connectivity index (χ0) is 12.8. The van der Waals surface area contributed by atoms with Crippen LogP contribution < -0.4 is 5.73 Å². The molecule has 0 amide bonds. The highest BCUT2D eigenvalue weighted by Crippen LogP contribution is 2.19. The van der Waals surface area contributed by atoms with Gasteiger partial charge in [-0.25, -0.2) is 0 Å². The smallest absolute Gasteiger partial charge is 0.288 e. The molecule has 2 N–H and O–H groups in total. The van der Waals surface area contributed by atoms with E-state index >= 15 is 0 Å². The van der Waals surface area contributed by atoms with Gasteiger partial charge in [0.1, 0.15) is 10.7 Å². The van der Waals surface area contributed by atoms with Crippen LogP contribution in [0.25, 0.3) is 0 Å². The van der Waals surface area contributed by atoms with Gasteiger partial charge in [-0.05, 0) is 13.8 Å². The molecular weight excluding hydrogens is 242 g/mol. The molecule has 0 saturated carbocycles. The second-order valence-electron chi connectivity index (χ2n) is 3.81. The Kier molecular flexibility index (Phi) is 2.46. The lowest BCUT2D eigenvalue weighted by Gasteiger charge is -2.04. The fourth-order valence-corrected chi connectivity index (χ4v) is 3.07. The van der Waals surface area contributed by atoms with Gasteiger partial charge >= 0.3 is 0 Å². The van der Waals surface area contributed by atoms with Crippen LogP contribution in [0, 0.1) is 13.8 Å². The summed E-state index contributed by atoms with van der Waals surface area (Å²) in [6, 6.07) is 1.50. The molecule has 0 saturated heterocycles. The van der Waals surface area contributed by atoms with Gasteiger partial charge < -0.3 is 5.73 Å². The number of hydrogen-bond donors (Lipinski definition) is 1. The van der Waals surface area contributed by atoms with Gasteiger partial charge in [0, 0.05) is 19.3 Å². The van der Waals surface area contributed by atoms with Gasteiger partial charge in [0.2, 0.25) is 0 Å². The summed E-state index contributed by atoms with van der Waals surface area (Å²) in [6.45, 7) is 3.30. The predicted octanol–water partition coefficient (Wildman–Crippen LogP) is 0.0526. The highest BCUT2D eigenvalue weighted by molar-refractivity contribution is 7.90. The molecule has 0 aliphatic heterocycles. The van der Waals surface area contributed by atoms with Gasteiger partial charge in [0.15, 0.2) is 0 Å². The monoisotopic (exact) mass is 255 g/mol. The molecule has 2 heterocycles. The van der Waals surface area contributed by atoms with Crippen LogP contribution in [-0.4, -0.2) is 27.4 Å². The Bertz CT molecular complexity index is 615. The maximum Gasteiger partial charge on any atom is 0.288 e. The molecule has 0 aromatic carbocycles. The Balaban J connectivity index is 2.65. The lowest BCUT2D eigenvalue weighted by atomic mass is 10.5. The minimum Gasteiger partial charge on any atom is -0.383 e. The quantitative estimate of drug-likeness (QED) is 0.818. The highest BCUT2D eigenvalue weighted by Gasteiger charge is 2.24. The van der Waals surface area contributed by atoms with Crippen LogP contribution in [0.5, 0.6) is 0 Å². The van der Waals surface area contributed by atoms with Gasteiger partial charge in [0.25, 0.3) is 10.0 Å². The fourth-order valence-electron chi connectivity index (χ4n) is 1.62. The first-order chi connectivity index (χ1) is 7.82. The zero-order valence-corrected chi connectivity index (χ0v) is 10.6. The average molecular weight is 255 g/mol. The molecule has 0 spiro atoms. The number of rotatable bonds is 2. The van der Waals surface area contributed by atoms with E-state index in [0.717, 1.165) is 4.09 Å². The first-order valence-electron chi connectivity index (χ1n) is 4.90. The lowest BCUT2D eigenvalue weighted by Crippen LogP contribution is -2.17. The number of nitrogens with two attached hydrogens (primary N) is 1. The number of anilines is 1. The summed E-state index contributed by atoms with van der Waals surface area (Å²) in [5, 5.41) is 7.87. The van der Waals surface area contributed by atoms with Crippen molar-refractivity contribution in [2.24, 2.45) is 7.05 Å². The van der Waals surface area contributed by atoms with Crippen LogP contribution in [-0.2, 0) is 17.1 Å². The van der Waals surface area contributed by atoms with Crippen molar-refractivity contribution in [2.75, 3.05) is 5.73 Å². The van der Waals surface area contributed by atoms with E-state index in [1.54, 1.807) is 20.9 Å². The van der Waals surface area contributed by atoms with Crippen molar-refractivity contribution in [3.05, 3.63) is 23.7 Å². The molecule has 0 atom stereocenters. The van der Waals surface area contributed by atoms with Gasteiger partial charge in [-0.1, -0.05) is 0 Å². The Hall–Kier alpha value is -1.83. The van der Waals surface area contributed by atoms with Gasteiger partial charge in [-0.15, -0.1) is 4.09 Å². The fraction of sp³-hybridized carbons (Fsp3) is 0.333. The van der Waals surface area contributed by atoms with Gasteiger partial charge in [-0.2, -0.15) is 18.6 Å². The molecule has 0 aliphatic carbocycles. The van der Waals surface area contributed by atoms with E-state index in [1.807, 2.05) is 0 Å².